The first-order valence-corrected chi connectivity index (χ1v) is 7.38. The zero-order valence-electron chi connectivity index (χ0n) is 12.9. The molecule has 0 saturated heterocycles. The fourth-order valence-corrected chi connectivity index (χ4v) is 1.90. The Labute approximate surface area is 121 Å². The first kappa shape index (κ1) is 15.0. The summed E-state index contributed by atoms with van der Waals surface area (Å²) in [7, 11) is 0. The van der Waals surface area contributed by atoms with Crippen molar-refractivity contribution in [3.05, 3.63) is 17.7 Å². The Morgan fingerprint density at radius 3 is 2.55 bits per heavy atom. The second kappa shape index (κ2) is 6.84. The van der Waals surface area contributed by atoms with Crippen LogP contribution in [0.4, 0.5) is 0 Å². The number of nitrogens with one attached hydrogen (secondary N) is 1. The lowest BCUT2D eigenvalue weighted by atomic mass is 10.1. The summed E-state index contributed by atoms with van der Waals surface area (Å²) in [5, 5.41) is 3.42. The van der Waals surface area contributed by atoms with Crippen molar-refractivity contribution in [1.82, 2.24) is 5.32 Å². The van der Waals surface area contributed by atoms with Gasteiger partial charge in [-0.2, -0.15) is 0 Å². The molecule has 4 nitrogen and oxygen atoms in total. The average molecular weight is 279 g/mol. The van der Waals surface area contributed by atoms with Crippen molar-refractivity contribution < 1.29 is 14.2 Å². The van der Waals surface area contributed by atoms with Crippen molar-refractivity contribution in [1.29, 1.82) is 0 Å². The van der Waals surface area contributed by atoms with Gasteiger partial charge in [0.1, 0.15) is 5.75 Å². The second-order valence-corrected chi connectivity index (χ2v) is 5.67. The van der Waals surface area contributed by atoms with E-state index in [9.17, 15) is 0 Å². The van der Waals surface area contributed by atoms with Crippen LogP contribution >= 0.6 is 0 Å². The topological polar surface area (TPSA) is 39.7 Å². The smallest absolute Gasteiger partial charge is 0.231 e. The number of ether oxygens (including phenoxy) is 3. The Morgan fingerprint density at radius 2 is 1.90 bits per heavy atom. The molecule has 2 rings (SSSR count). The molecule has 1 atom stereocenters. The van der Waals surface area contributed by atoms with Gasteiger partial charge < -0.3 is 19.5 Å². The maximum atomic E-state index is 5.97. The number of hydrogen-bond acceptors (Lipinski definition) is 4. The predicted octanol–water partition coefficient (Wildman–Crippen LogP) is 3.34. The summed E-state index contributed by atoms with van der Waals surface area (Å²) in [6.45, 7) is 10.4. The largest absolute Gasteiger partial charge is 0.493 e. The van der Waals surface area contributed by atoms with Gasteiger partial charge in [0.25, 0.3) is 0 Å². The minimum atomic E-state index is 0.293. The van der Waals surface area contributed by atoms with Gasteiger partial charge >= 0.3 is 0 Å². The second-order valence-electron chi connectivity index (χ2n) is 5.67. The molecule has 1 heterocycles. The summed E-state index contributed by atoms with van der Waals surface area (Å²) in [4.78, 5) is 0. The zero-order valence-corrected chi connectivity index (χ0v) is 12.9. The Kier molecular flexibility index (Phi) is 5.12. The molecule has 0 aliphatic carbocycles. The lowest BCUT2D eigenvalue weighted by molar-refractivity contribution is 0.173. The third kappa shape index (κ3) is 3.79. The van der Waals surface area contributed by atoms with Crippen LogP contribution in [0.25, 0.3) is 0 Å². The highest BCUT2D eigenvalue weighted by Gasteiger charge is 2.18. The van der Waals surface area contributed by atoms with Crippen molar-refractivity contribution in [2.24, 2.45) is 5.92 Å². The Morgan fingerprint density at radius 1 is 1.20 bits per heavy atom. The summed E-state index contributed by atoms with van der Waals surface area (Å²) in [5.41, 5.74) is 1.12. The lowest BCUT2D eigenvalue weighted by Crippen LogP contribution is -2.22. The molecule has 1 aromatic rings. The highest BCUT2D eigenvalue weighted by Crippen LogP contribution is 2.38. The van der Waals surface area contributed by atoms with Crippen molar-refractivity contribution in [3.63, 3.8) is 0 Å². The molecule has 0 saturated carbocycles. The van der Waals surface area contributed by atoms with Crippen LogP contribution in [0.2, 0.25) is 0 Å². The number of fused-ring (bicyclic) bond motifs is 1. The van der Waals surface area contributed by atoms with Gasteiger partial charge in [-0.05, 0) is 12.0 Å². The van der Waals surface area contributed by atoms with E-state index in [1.165, 1.54) is 0 Å². The standard InChI is InChI=1S/C16H25NO3/c1-5-12(4)9-18-14-7-16-15(19-10-20-16)6-13(14)8-17-11(2)3/h6-7,11-12,17H,5,8-10H2,1-4H3. The van der Waals surface area contributed by atoms with E-state index in [0.29, 0.717) is 18.8 Å². The molecule has 1 aromatic carbocycles. The third-order valence-electron chi connectivity index (χ3n) is 3.48. The molecule has 1 unspecified atom stereocenters. The van der Waals surface area contributed by atoms with Gasteiger partial charge in [0, 0.05) is 24.2 Å². The molecular weight excluding hydrogens is 254 g/mol. The van der Waals surface area contributed by atoms with Gasteiger partial charge in [-0.15, -0.1) is 0 Å². The summed E-state index contributed by atoms with van der Waals surface area (Å²) in [6.07, 6.45) is 1.12. The fraction of sp³-hybridized carbons (Fsp3) is 0.625. The van der Waals surface area contributed by atoms with Gasteiger partial charge in [-0.3, -0.25) is 0 Å². The van der Waals surface area contributed by atoms with Gasteiger partial charge in [-0.1, -0.05) is 34.1 Å². The van der Waals surface area contributed by atoms with Crippen LogP contribution in [-0.4, -0.2) is 19.4 Å². The number of benzene rings is 1. The van der Waals surface area contributed by atoms with Crippen LogP contribution in [0.1, 0.15) is 39.7 Å². The van der Waals surface area contributed by atoms with E-state index >= 15 is 0 Å². The molecule has 0 radical (unpaired) electrons. The summed E-state index contributed by atoms with van der Waals surface area (Å²) >= 11 is 0. The normalized spacial score (nSPS) is 14.7. The first-order valence-electron chi connectivity index (χ1n) is 7.38. The van der Waals surface area contributed by atoms with Crippen molar-refractivity contribution in [2.45, 2.75) is 46.7 Å². The Hall–Kier alpha value is -1.42. The minimum absolute atomic E-state index is 0.293. The molecule has 112 valence electrons. The SMILES string of the molecule is CCC(C)COc1cc2c(cc1CNC(C)C)OCO2. The van der Waals surface area contributed by atoms with E-state index in [1.807, 2.05) is 12.1 Å². The molecular formula is C16H25NO3. The summed E-state index contributed by atoms with van der Waals surface area (Å²) in [6, 6.07) is 4.40. The maximum absolute atomic E-state index is 5.97. The fourth-order valence-electron chi connectivity index (χ4n) is 1.90. The van der Waals surface area contributed by atoms with E-state index in [-0.39, 0.29) is 0 Å². The van der Waals surface area contributed by atoms with Gasteiger partial charge in [0.05, 0.1) is 6.61 Å². The third-order valence-corrected chi connectivity index (χ3v) is 3.48. The van der Waals surface area contributed by atoms with Crippen molar-refractivity contribution in [2.75, 3.05) is 13.4 Å². The molecule has 0 bridgehead atoms. The van der Waals surface area contributed by atoms with Crippen LogP contribution in [-0.2, 0) is 6.54 Å². The minimum Gasteiger partial charge on any atom is -0.493 e. The molecule has 4 heteroatoms. The number of rotatable bonds is 7. The van der Waals surface area contributed by atoms with Gasteiger partial charge in [0.15, 0.2) is 11.5 Å². The summed E-state index contributed by atoms with van der Waals surface area (Å²) < 4.78 is 16.8. The van der Waals surface area contributed by atoms with E-state index in [4.69, 9.17) is 14.2 Å². The monoisotopic (exact) mass is 279 g/mol. The zero-order chi connectivity index (χ0) is 14.5. The molecule has 0 fully saturated rings. The Bertz CT molecular complexity index is 446. The molecule has 20 heavy (non-hydrogen) atoms. The molecule has 0 spiro atoms. The predicted molar refractivity (Wildman–Crippen MR) is 79.5 cm³/mol. The van der Waals surface area contributed by atoms with Crippen molar-refractivity contribution in [3.8, 4) is 17.2 Å². The van der Waals surface area contributed by atoms with Crippen LogP contribution in [0.5, 0.6) is 17.2 Å². The summed E-state index contributed by atoms with van der Waals surface area (Å²) in [5.74, 6) is 3.02. The lowest BCUT2D eigenvalue weighted by Gasteiger charge is -2.16. The Balaban J connectivity index is 2.13. The number of hydrogen-bond donors (Lipinski definition) is 1. The van der Waals surface area contributed by atoms with E-state index < -0.39 is 0 Å². The van der Waals surface area contributed by atoms with Gasteiger partial charge in [-0.25, -0.2) is 0 Å². The van der Waals surface area contributed by atoms with Crippen LogP contribution in [0, 0.1) is 5.92 Å². The first-order chi connectivity index (χ1) is 9.60. The van der Waals surface area contributed by atoms with Crippen LogP contribution in [0.3, 0.4) is 0 Å². The van der Waals surface area contributed by atoms with Crippen LogP contribution in [0.15, 0.2) is 12.1 Å². The molecule has 0 amide bonds. The maximum Gasteiger partial charge on any atom is 0.231 e. The van der Waals surface area contributed by atoms with E-state index in [2.05, 4.69) is 33.0 Å². The van der Waals surface area contributed by atoms with Crippen molar-refractivity contribution >= 4 is 0 Å². The van der Waals surface area contributed by atoms with E-state index in [0.717, 1.165) is 42.4 Å². The highest BCUT2D eigenvalue weighted by atomic mass is 16.7. The van der Waals surface area contributed by atoms with Crippen LogP contribution < -0.4 is 19.5 Å². The molecule has 1 aliphatic rings. The molecule has 1 N–H and O–H groups in total. The van der Waals surface area contributed by atoms with E-state index in [1.54, 1.807) is 0 Å². The molecule has 1 aliphatic heterocycles. The average Bonchev–Trinajstić information content (AvgIpc) is 2.88. The highest BCUT2D eigenvalue weighted by molar-refractivity contribution is 5.51. The quantitative estimate of drug-likeness (QED) is 0.831. The molecule has 0 aromatic heterocycles. The van der Waals surface area contributed by atoms with Gasteiger partial charge in [0.2, 0.25) is 6.79 Å².